The van der Waals surface area contributed by atoms with Crippen LogP contribution in [0.3, 0.4) is 0 Å². The molecule has 0 amide bonds. The Morgan fingerprint density at radius 1 is 1.50 bits per heavy atom. The Bertz CT molecular complexity index is 503. The Labute approximate surface area is 94.5 Å². The van der Waals surface area contributed by atoms with Gasteiger partial charge in [-0.1, -0.05) is 11.3 Å². The summed E-state index contributed by atoms with van der Waals surface area (Å²) in [6.45, 7) is 0. The Kier molecular flexibility index (Phi) is 4.25. The van der Waals surface area contributed by atoms with E-state index in [1.54, 1.807) is 0 Å². The topological polar surface area (TPSA) is 64.1 Å². The molecule has 0 saturated heterocycles. The number of aldehydes is 1. The molecule has 0 unspecified atom stereocenters. The summed E-state index contributed by atoms with van der Waals surface area (Å²) >= 11 is 0.723. The van der Waals surface area contributed by atoms with Gasteiger partial charge in [-0.3, -0.25) is 4.79 Å². The fourth-order valence-corrected chi connectivity index (χ4v) is 3.20. The molecule has 0 N–H and O–H groups in total. The van der Waals surface area contributed by atoms with Crippen LogP contribution < -0.4 is 0 Å². The molecule has 0 aliphatic carbocycles. The summed E-state index contributed by atoms with van der Waals surface area (Å²) in [5.41, 5.74) is 0. The van der Waals surface area contributed by atoms with Crippen LogP contribution in [0.4, 0.5) is 8.78 Å². The normalized spacial score (nSPS) is 11.1. The van der Waals surface area contributed by atoms with Crippen LogP contribution in [-0.2, 0) is 9.84 Å². The van der Waals surface area contributed by atoms with E-state index in [2.05, 4.69) is 4.98 Å². The highest BCUT2D eigenvalue weighted by atomic mass is 32.2. The van der Waals surface area contributed by atoms with E-state index in [9.17, 15) is 22.0 Å². The Morgan fingerprint density at radius 2 is 2.19 bits per heavy atom. The van der Waals surface area contributed by atoms with Crippen LogP contribution in [0.1, 0.15) is 16.1 Å². The lowest BCUT2D eigenvalue weighted by Gasteiger charge is -1.96. The largest absolute Gasteiger partial charge is 0.297 e. The van der Waals surface area contributed by atoms with Crippen molar-refractivity contribution in [2.45, 2.75) is 10.8 Å². The predicted octanol–water partition coefficient (Wildman–Crippen LogP) is 1.90. The molecule has 0 aliphatic heterocycles. The molecule has 0 aliphatic rings. The van der Waals surface area contributed by atoms with E-state index in [1.807, 2.05) is 0 Å². The summed E-state index contributed by atoms with van der Waals surface area (Å²) in [6.07, 6.45) is -0.0386. The minimum absolute atomic E-state index is 0.186. The summed E-state index contributed by atoms with van der Waals surface area (Å²) in [4.78, 5) is 14.1. The van der Waals surface area contributed by atoms with E-state index in [1.165, 1.54) is 0 Å². The monoisotopic (exact) mass is 267 g/mol. The molecule has 0 aromatic carbocycles. The third-order valence-electron chi connectivity index (χ3n) is 1.57. The molecule has 16 heavy (non-hydrogen) atoms. The number of sulfone groups is 1. The molecule has 4 nitrogen and oxygen atoms in total. The number of aromatic nitrogens is 1. The molecular weight excluding hydrogens is 260 g/mol. The molecule has 1 heterocycles. The van der Waals surface area contributed by atoms with Gasteiger partial charge in [0.15, 0.2) is 6.29 Å². The number of carbonyl (C=O) groups excluding carboxylic acids is 1. The molecular formula is C8H7F2NO3S2. The Balaban J connectivity index is 2.78. The minimum atomic E-state index is -3.67. The second kappa shape index (κ2) is 5.26. The van der Waals surface area contributed by atoms with Gasteiger partial charge in [0.05, 0.1) is 10.6 Å². The van der Waals surface area contributed by atoms with Gasteiger partial charge in [0.25, 0.3) is 6.08 Å². The zero-order chi connectivity index (χ0) is 12.2. The van der Waals surface area contributed by atoms with E-state index in [0.717, 1.165) is 17.5 Å². The molecule has 0 fully saturated rings. The fraction of sp³-hybridized carbons (Fsp3) is 0.250. The third kappa shape index (κ3) is 3.46. The van der Waals surface area contributed by atoms with Crippen LogP contribution in [0.2, 0.25) is 0 Å². The molecule has 0 bridgehead atoms. The van der Waals surface area contributed by atoms with Crippen LogP contribution in [0.5, 0.6) is 0 Å². The van der Waals surface area contributed by atoms with E-state index < -0.39 is 21.7 Å². The third-order valence-corrected chi connectivity index (χ3v) is 4.71. The lowest BCUT2D eigenvalue weighted by atomic mass is 10.5. The number of carbonyl (C=O) groups is 1. The van der Waals surface area contributed by atoms with E-state index in [-0.39, 0.29) is 15.6 Å². The van der Waals surface area contributed by atoms with Crippen LogP contribution in [-0.4, -0.2) is 25.4 Å². The van der Waals surface area contributed by atoms with Crippen molar-refractivity contribution in [3.8, 4) is 0 Å². The molecule has 0 spiro atoms. The molecule has 1 aromatic rings. The van der Waals surface area contributed by atoms with Gasteiger partial charge in [-0.2, -0.15) is 8.78 Å². The zero-order valence-electron chi connectivity index (χ0n) is 7.89. The highest BCUT2D eigenvalue weighted by Crippen LogP contribution is 2.18. The number of hydrogen-bond donors (Lipinski definition) is 0. The molecule has 1 aromatic heterocycles. The second-order valence-electron chi connectivity index (χ2n) is 2.75. The van der Waals surface area contributed by atoms with Crippen molar-refractivity contribution in [2.24, 2.45) is 0 Å². The maximum Gasteiger partial charge on any atom is 0.266 e. The Morgan fingerprint density at radius 3 is 2.69 bits per heavy atom. The summed E-state index contributed by atoms with van der Waals surface area (Å²) in [5, 5.41) is 0. The van der Waals surface area contributed by atoms with Gasteiger partial charge in [0.1, 0.15) is 0 Å². The number of thiazole rings is 1. The standard InChI is InChI=1S/C8H7F2NO3S2/c9-7(10)2-1-3-16(13,14)8-11-4-6(5-12)15-8/h2,4-5H,1,3H2. The van der Waals surface area contributed by atoms with Crippen molar-refractivity contribution >= 4 is 27.5 Å². The molecule has 1 rings (SSSR count). The first kappa shape index (κ1) is 12.9. The quantitative estimate of drug-likeness (QED) is 0.764. The minimum Gasteiger partial charge on any atom is -0.297 e. The average Bonchev–Trinajstić information content (AvgIpc) is 2.65. The number of allylic oxidation sites excluding steroid dienone is 1. The van der Waals surface area contributed by atoms with Crippen molar-refractivity contribution in [2.75, 3.05) is 5.75 Å². The van der Waals surface area contributed by atoms with Gasteiger partial charge >= 0.3 is 0 Å². The van der Waals surface area contributed by atoms with Crippen molar-refractivity contribution in [1.82, 2.24) is 4.98 Å². The van der Waals surface area contributed by atoms with Crippen LogP contribution >= 0.6 is 11.3 Å². The number of nitrogens with zero attached hydrogens (tertiary/aromatic N) is 1. The lowest BCUT2D eigenvalue weighted by Crippen LogP contribution is -2.05. The van der Waals surface area contributed by atoms with Crippen molar-refractivity contribution in [1.29, 1.82) is 0 Å². The number of rotatable bonds is 5. The number of halogens is 2. The van der Waals surface area contributed by atoms with Gasteiger partial charge in [-0.15, -0.1) is 0 Å². The van der Waals surface area contributed by atoms with Gasteiger partial charge < -0.3 is 0 Å². The van der Waals surface area contributed by atoms with Crippen LogP contribution in [0, 0.1) is 0 Å². The van der Waals surface area contributed by atoms with Crippen molar-refractivity contribution < 1.29 is 22.0 Å². The van der Waals surface area contributed by atoms with Crippen LogP contribution in [0.25, 0.3) is 0 Å². The maximum atomic E-state index is 11.7. The van der Waals surface area contributed by atoms with Crippen LogP contribution in [0.15, 0.2) is 22.7 Å². The fourth-order valence-electron chi connectivity index (χ4n) is 0.879. The maximum absolute atomic E-state index is 11.7. The van der Waals surface area contributed by atoms with Gasteiger partial charge in [-0.25, -0.2) is 13.4 Å². The molecule has 0 radical (unpaired) electrons. The highest BCUT2D eigenvalue weighted by molar-refractivity contribution is 7.93. The summed E-state index contributed by atoms with van der Waals surface area (Å²) in [5.74, 6) is -0.448. The average molecular weight is 267 g/mol. The number of hydrogen-bond acceptors (Lipinski definition) is 5. The first-order valence-electron chi connectivity index (χ1n) is 4.10. The smallest absolute Gasteiger partial charge is 0.266 e. The van der Waals surface area contributed by atoms with E-state index >= 15 is 0 Å². The second-order valence-corrected chi connectivity index (χ2v) is 6.09. The van der Waals surface area contributed by atoms with Gasteiger partial charge in [-0.05, 0) is 12.5 Å². The first-order chi connectivity index (χ1) is 7.45. The summed E-state index contributed by atoms with van der Waals surface area (Å²) < 4.78 is 46.1. The first-order valence-corrected chi connectivity index (χ1v) is 6.57. The van der Waals surface area contributed by atoms with Gasteiger partial charge in [0.2, 0.25) is 14.2 Å². The highest BCUT2D eigenvalue weighted by Gasteiger charge is 2.18. The summed E-state index contributed by atoms with van der Waals surface area (Å²) in [6, 6.07) is 0. The molecule has 88 valence electrons. The van der Waals surface area contributed by atoms with E-state index in [0.29, 0.717) is 12.4 Å². The molecule has 8 heteroatoms. The molecule has 0 saturated carbocycles. The summed E-state index contributed by atoms with van der Waals surface area (Å²) in [7, 11) is -3.67. The van der Waals surface area contributed by atoms with Crippen molar-refractivity contribution in [3.05, 3.63) is 23.2 Å². The molecule has 0 atom stereocenters. The van der Waals surface area contributed by atoms with E-state index in [4.69, 9.17) is 0 Å². The Hall–Kier alpha value is -1.15. The van der Waals surface area contributed by atoms with Gasteiger partial charge in [0, 0.05) is 6.20 Å². The SMILES string of the molecule is O=Cc1cnc(S(=O)(=O)CCC=C(F)F)s1. The van der Waals surface area contributed by atoms with Crippen molar-refractivity contribution in [3.63, 3.8) is 0 Å². The predicted molar refractivity (Wildman–Crippen MR) is 54.5 cm³/mol. The lowest BCUT2D eigenvalue weighted by molar-refractivity contribution is 0.112. The zero-order valence-corrected chi connectivity index (χ0v) is 9.52.